The first-order valence-corrected chi connectivity index (χ1v) is 6.21. The Morgan fingerprint density at radius 3 is 3.11 bits per heavy atom. The summed E-state index contributed by atoms with van der Waals surface area (Å²) in [7, 11) is 0. The summed E-state index contributed by atoms with van der Waals surface area (Å²) >= 11 is 0. The fourth-order valence-corrected chi connectivity index (χ4v) is 2.78. The van der Waals surface area contributed by atoms with Crippen LogP contribution in [0.3, 0.4) is 0 Å². The summed E-state index contributed by atoms with van der Waals surface area (Å²) in [6.45, 7) is 2.07. The van der Waals surface area contributed by atoms with Crippen LogP contribution in [0.25, 0.3) is 21.9 Å². The average Bonchev–Trinajstić information content (AvgIpc) is 3.09. The van der Waals surface area contributed by atoms with Gasteiger partial charge in [0.05, 0.1) is 17.4 Å². The molecule has 1 atom stereocenters. The van der Waals surface area contributed by atoms with E-state index in [1.54, 1.807) is 6.33 Å². The quantitative estimate of drug-likeness (QED) is 0.676. The van der Waals surface area contributed by atoms with Crippen LogP contribution < -0.4 is 5.32 Å². The standard InChI is InChI=1S/C13H13N5/c1-3-14-5-8(1)12-11-9-2-4-15-13(9)16-6-10(11)17-7-18-12/h2,4,6-8,14H,1,3,5H2,(H,15,16). The SMILES string of the molecule is c1nc(C2CCNC2)c2c(cnc3[nH]ccc32)n1. The molecule has 1 fully saturated rings. The van der Waals surface area contributed by atoms with Crippen LogP contribution >= 0.6 is 0 Å². The second kappa shape index (κ2) is 3.74. The number of pyridine rings is 1. The molecule has 0 aromatic carbocycles. The molecule has 0 aliphatic carbocycles. The zero-order valence-corrected chi connectivity index (χ0v) is 9.85. The number of rotatable bonds is 1. The first-order valence-electron chi connectivity index (χ1n) is 6.21. The maximum absolute atomic E-state index is 4.53. The molecule has 5 heteroatoms. The molecule has 4 heterocycles. The minimum atomic E-state index is 0.482. The van der Waals surface area contributed by atoms with Crippen LogP contribution in [0.5, 0.6) is 0 Å². The molecular weight excluding hydrogens is 226 g/mol. The first-order chi connectivity index (χ1) is 8.93. The molecule has 4 rings (SSSR count). The predicted molar refractivity (Wildman–Crippen MR) is 69.4 cm³/mol. The average molecular weight is 239 g/mol. The molecule has 1 unspecified atom stereocenters. The Hall–Kier alpha value is -2.01. The Balaban J connectivity index is 2.08. The minimum absolute atomic E-state index is 0.482. The van der Waals surface area contributed by atoms with Crippen molar-refractivity contribution in [1.82, 2.24) is 25.3 Å². The van der Waals surface area contributed by atoms with Gasteiger partial charge in [-0.1, -0.05) is 0 Å². The Labute approximate surface area is 104 Å². The number of hydrogen-bond acceptors (Lipinski definition) is 4. The van der Waals surface area contributed by atoms with E-state index in [1.807, 2.05) is 12.4 Å². The number of fused-ring (bicyclic) bond motifs is 3. The number of nitrogens with one attached hydrogen (secondary N) is 2. The molecule has 2 N–H and O–H groups in total. The first kappa shape index (κ1) is 9.96. The third kappa shape index (κ3) is 1.34. The molecule has 90 valence electrons. The van der Waals surface area contributed by atoms with Crippen molar-refractivity contribution in [2.24, 2.45) is 0 Å². The number of H-pyrrole nitrogens is 1. The molecule has 18 heavy (non-hydrogen) atoms. The highest BCUT2D eigenvalue weighted by atomic mass is 14.9. The molecule has 3 aromatic rings. The van der Waals surface area contributed by atoms with Crippen LogP contribution in [0.1, 0.15) is 18.0 Å². The number of hydrogen-bond donors (Lipinski definition) is 2. The molecule has 0 saturated carbocycles. The third-order valence-corrected chi connectivity index (χ3v) is 3.66. The van der Waals surface area contributed by atoms with E-state index in [0.717, 1.165) is 47.1 Å². The zero-order chi connectivity index (χ0) is 11.9. The zero-order valence-electron chi connectivity index (χ0n) is 9.85. The predicted octanol–water partition coefficient (Wildman–Crippen LogP) is 1.58. The smallest absolute Gasteiger partial charge is 0.138 e. The normalized spacial score (nSPS) is 19.9. The van der Waals surface area contributed by atoms with Gasteiger partial charge in [-0.05, 0) is 19.0 Å². The monoisotopic (exact) mass is 239 g/mol. The van der Waals surface area contributed by atoms with Crippen molar-refractivity contribution >= 4 is 21.9 Å². The van der Waals surface area contributed by atoms with E-state index in [1.165, 1.54) is 0 Å². The van der Waals surface area contributed by atoms with Crippen molar-refractivity contribution in [1.29, 1.82) is 0 Å². The third-order valence-electron chi connectivity index (χ3n) is 3.66. The maximum atomic E-state index is 4.53. The summed E-state index contributed by atoms with van der Waals surface area (Å²) in [5, 5.41) is 5.66. The van der Waals surface area contributed by atoms with Crippen molar-refractivity contribution in [2.75, 3.05) is 13.1 Å². The summed E-state index contributed by atoms with van der Waals surface area (Å²) in [5.74, 6) is 0.482. The van der Waals surface area contributed by atoms with Crippen LogP contribution in [-0.2, 0) is 0 Å². The maximum Gasteiger partial charge on any atom is 0.138 e. The van der Waals surface area contributed by atoms with Gasteiger partial charge in [0.2, 0.25) is 0 Å². The molecule has 1 aliphatic rings. The highest BCUT2D eigenvalue weighted by molar-refractivity contribution is 6.04. The number of nitrogens with zero attached hydrogens (tertiary/aromatic N) is 3. The van der Waals surface area contributed by atoms with Crippen molar-refractivity contribution < 1.29 is 0 Å². The Bertz CT molecular complexity index is 712. The van der Waals surface area contributed by atoms with E-state index in [0.29, 0.717) is 5.92 Å². The second-order valence-corrected chi connectivity index (χ2v) is 4.71. The minimum Gasteiger partial charge on any atom is -0.346 e. The summed E-state index contributed by atoms with van der Waals surface area (Å²) in [5.41, 5.74) is 2.99. The van der Waals surface area contributed by atoms with Gasteiger partial charge < -0.3 is 10.3 Å². The van der Waals surface area contributed by atoms with E-state index in [4.69, 9.17) is 0 Å². The Morgan fingerprint density at radius 2 is 2.22 bits per heavy atom. The molecule has 5 nitrogen and oxygen atoms in total. The summed E-state index contributed by atoms with van der Waals surface area (Å²) < 4.78 is 0. The van der Waals surface area contributed by atoms with E-state index >= 15 is 0 Å². The van der Waals surface area contributed by atoms with Crippen molar-refractivity contribution in [3.8, 4) is 0 Å². The molecule has 1 saturated heterocycles. The van der Waals surface area contributed by atoms with E-state index in [-0.39, 0.29) is 0 Å². The van der Waals surface area contributed by atoms with Gasteiger partial charge >= 0.3 is 0 Å². The number of aromatic nitrogens is 4. The molecule has 0 amide bonds. The lowest BCUT2D eigenvalue weighted by Crippen LogP contribution is -2.09. The molecule has 1 aliphatic heterocycles. The number of aromatic amines is 1. The molecule has 0 radical (unpaired) electrons. The van der Waals surface area contributed by atoms with Gasteiger partial charge in [0, 0.05) is 29.4 Å². The Morgan fingerprint density at radius 1 is 1.22 bits per heavy atom. The van der Waals surface area contributed by atoms with Crippen LogP contribution in [0, 0.1) is 0 Å². The molecular formula is C13H13N5. The van der Waals surface area contributed by atoms with E-state index in [9.17, 15) is 0 Å². The largest absolute Gasteiger partial charge is 0.346 e. The fourth-order valence-electron chi connectivity index (χ4n) is 2.78. The lowest BCUT2D eigenvalue weighted by molar-refractivity contribution is 0.740. The van der Waals surface area contributed by atoms with Gasteiger partial charge in [-0.2, -0.15) is 0 Å². The lowest BCUT2D eigenvalue weighted by atomic mass is 9.99. The van der Waals surface area contributed by atoms with Crippen molar-refractivity contribution in [2.45, 2.75) is 12.3 Å². The summed E-state index contributed by atoms with van der Waals surface area (Å²) in [6, 6.07) is 2.06. The molecule has 0 spiro atoms. The molecule has 3 aromatic heterocycles. The molecule has 0 bridgehead atoms. The Kier molecular flexibility index (Phi) is 2.07. The van der Waals surface area contributed by atoms with E-state index in [2.05, 4.69) is 31.3 Å². The lowest BCUT2D eigenvalue weighted by Gasteiger charge is -2.11. The van der Waals surface area contributed by atoms with Gasteiger partial charge in [0.1, 0.15) is 12.0 Å². The van der Waals surface area contributed by atoms with Gasteiger partial charge in [-0.3, -0.25) is 0 Å². The van der Waals surface area contributed by atoms with Crippen LogP contribution in [0.15, 0.2) is 24.8 Å². The van der Waals surface area contributed by atoms with Gasteiger partial charge in [-0.25, -0.2) is 15.0 Å². The van der Waals surface area contributed by atoms with Crippen LogP contribution in [0.4, 0.5) is 0 Å². The topological polar surface area (TPSA) is 66.5 Å². The fraction of sp³-hybridized carbons (Fsp3) is 0.308. The summed E-state index contributed by atoms with van der Waals surface area (Å²) in [6.07, 6.45) is 6.53. The van der Waals surface area contributed by atoms with Gasteiger partial charge in [-0.15, -0.1) is 0 Å². The van der Waals surface area contributed by atoms with Crippen molar-refractivity contribution in [3.05, 3.63) is 30.5 Å². The van der Waals surface area contributed by atoms with Crippen LogP contribution in [0.2, 0.25) is 0 Å². The highest BCUT2D eigenvalue weighted by Gasteiger charge is 2.21. The van der Waals surface area contributed by atoms with Gasteiger partial charge in [0.15, 0.2) is 0 Å². The highest BCUT2D eigenvalue weighted by Crippen LogP contribution is 2.30. The van der Waals surface area contributed by atoms with Crippen LogP contribution in [-0.4, -0.2) is 33.0 Å². The van der Waals surface area contributed by atoms with Crippen molar-refractivity contribution in [3.63, 3.8) is 0 Å². The summed E-state index contributed by atoms with van der Waals surface area (Å²) in [4.78, 5) is 16.4. The second-order valence-electron chi connectivity index (χ2n) is 4.71. The van der Waals surface area contributed by atoms with Gasteiger partial charge in [0.25, 0.3) is 0 Å². The van der Waals surface area contributed by atoms with E-state index < -0.39 is 0 Å².